The number of hydrogen-bond donors (Lipinski definition) is 3. The molecule has 0 saturated heterocycles. The largest absolute Gasteiger partial charge is 0.508 e. The number of aliphatic hydroxyl groups is 1. The molecule has 0 spiro atoms. The summed E-state index contributed by atoms with van der Waals surface area (Å²) in [5.74, 6) is 1.82. The molecule has 4 N–H and O–H groups in total. The Bertz CT molecular complexity index is 986. The van der Waals surface area contributed by atoms with Crippen molar-refractivity contribution in [2.24, 2.45) is 28.9 Å². The van der Waals surface area contributed by atoms with Gasteiger partial charge in [0.05, 0.1) is 6.10 Å². The van der Waals surface area contributed by atoms with Gasteiger partial charge in [0.2, 0.25) is 5.91 Å². The summed E-state index contributed by atoms with van der Waals surface area (Å²) < 4.78 is 0. The maximum Gasteiger partial charge on any atom is 0.248 e. The minimum atomic E-state index is -0.404. The number of carbonyl (C=O) groups is 1. The van der Waals surface area contributed by atoms with Crippen molar-refractivity contribution >= 4 is 5.91 Å². The van der Waals surface area contributed by atoms with E-state index in [-0.39, 0.29) is 17.4 Å². The Kier molecular flexibility index (Phi) is 4.66. The van der Waals surface area contributed by atoms with Crippen LogP contribution in [0, 0.1) is 23.2 Å². The van der Waals surface area contributed by atoms with Gasteiger partial charge in [0, 0.05) is 5.56 Å². The molecule has 4 nitrogen and oxygen atoms in total. The predicted molar refractivity (Wildman–Crippen MR) is 116 cm³/mol. The highest BCUT2D eigenvalue weighted by molar-refractivity contribution is 5.92. The summed E-state index contributed by atoms with van der Waals surface area (Å²) in [6, 6.07) is 13.4. The van der Waals surface area contributed by atoms with Crippen LogP contribution in [0.4, 0.5) is 0 Å². The molecule has 0 bridgehead atoms. The smallest absolute Gasteiger partial charge is 0.248 e. The van der Waals surface area contributed by atoms with E-state index in [1.165, 1.54) is 11.1 Å². The molecule has 2 aromatic carbocycles. The first kappa shape index (κ1) is 19.6. The maximum atomic E-state index is 11.5. The van der Waals surface area contributed by atoms with E-state index in [0.29, 0.717) is 29.1 Å². The summed E-state index contributed by atoms with van der Waals surface area (Å²) in [7, 11) is 0. The average molecular weight is 406 g/mol. The van der Waals surface area contributed by atoms with Crippen LogP contribution in [0.2, 0.25) is 0 Å². The van der Waals surface area contributed by atoms with Crippen molar-refractivity contribution in [1.82, 2.24) is 0 Å². The van der Waals surface area contributed by atoms with Crippen molar-refractivity contribution in [3.8, 4) is 5.75 Å². The third kappa shape index (κ3) is 3.04. The second kappa shape index (κ2) is 7.12. The molecule has 3 aliphatic carbocycles. The first-order chi connectivity index (χ1) is 14.4. The van der Waals surface area contributed by atoms with Crippen LogP contribution < -0.4 is 5.73 Å². The molecule has 0 aromatic heterocycles. The number of phenols is 1. The number of aromatic hydroxyl groups is 1. The van der Waals surface area contributed by atoms with Gasteiger partial charge in [0.25, 0.3) is 0 Å². The Labute approximate surface area is 178 Å². The van der Waals surface area contributed by atoms with Crippen molar-refractivity contribution in [3.63, 3.8) is 0 Å². The number of fused-ring (bicyclic) bond motifs is 5. The van der Waals surface area contributed by atoms with Gasteiger partial charge in [-0.15, -0.1) is 0 Å². The van der Waals surface area contributed by atoms with Crippen LogP contribution >= 0.6 is 0 Å². The number of aliphatic hydroxyl groups excluding tert-OH is 1. The van der Waals surface area contributed by atoms with E-state index in [0.717, 1.165) is 44.1 Å². The molecule has 0 radical (unpaired) electrons. The number of aryl methyl sites for hydroxylation is 1. The normalized spacial score (nSPS) is 34.7. The molecule has 6 atom stereocenters. The number of amides is 1. The summed E-state index contributed by atoms with van der Waals surface area (Å²) >= 11 is 0. The lowest BCUT2D eigenvalue weighted by Crippen LogP contribution is -2.44. The molecule has 5 rings (SSSR count). The highest BCUT2D eigenvalue weighted by Crippen LogP contribution is 2.62. The molecule has 0 aliphatic heterocycles. The van der Waals surface area contributed by atoms with Crippen molar-refractivity contribution in [3.05, 3.63) is 64.7 Å². The Morgan fingerprint density at radius 2 is 2.03 bits per heavy atom. The lowest BCUT2D eigenvalue weighted by Gasteiger charge is -2.50. The first-order valence-electron chi connectivity index (χ1n) is 11.3. The van der Waals surface area contributed by atoms with E-state index in [9.17, 15) is 15.0 Å². The van der Waals surface area contributed by atoms with Crippen LogP contribution in [0.5, 0.6) is 5.75 Å². The minimum absolute atomic E-state index is 0.0401. The van der Waals surface area contributed by atoms with Gasteiger partial charge in [-0.2, -0.15) is 0 Å². The topological polar surface area (TPSA) is 83.5 Å². The predicted octanol–water partition coefficient (Wildman–Crippen LogP) is 4.18. The lowest BCUT2D eigenvalue weighted by molar-refractivity contribution is -0.0325. The van der Waals surface area contributed by atoms with E-state index in [4.69, 9.17) is 5.73 Å². The Hall–Kier alpha value is -2.33. The third-order valence-electron chi connectivity index (χ3n) is 8.54. The van der Waals surface area contributed by atoms with Gasteiger partial charge in [0.1, 0.15) is 5.75 Å². The van der Waals surface area contributed by atoms with Crippen LogP contribution in [0.3, 0.4) is 0 Å². The number of nitrogens with two attached hydrogens (primary N) is 1. The molecule has 0 heterocycles. The number of phenolic OH excluding ortho intramolecular Hbond substituents is 1. The summed E-state index contributed by atoms with van der Waals surface area (Å²) in [4.78, 5) is 11.5. The fourth-order valence-electron chi connectivity index (χ4n) is 7.07. The lowest BCUT2D eigenvalue weighted by atomic mass is 9.55. The molecule has 4 heteroatoms. The van der Waals surface area contributed by atoms with Crippen LogP contribution in [-0.4, -0.2) is 22.2 Å². The maximum absolute atomic E-state index is 11.5. The second-order valence-electron chi connectivity index (χ2n) is 10.1. The number of hydrogen-bond acceptors (Lipinski definition) is 3. The van der Waals surface area contributed by atoms with Gasteiger partial charge >= 0.3 is 0 Å². The van der Waals surface area contributed by atoms with Crippen molar-refractivity contribution in [2.75, 3.05) is 0 Å². The fraction of sp³-hybridized carbons (Fsp3) is 0.500. The minimum Gasteiger partial charge on any atom is -0.508 e. The first-order valence-corrected chi connectivity index (χ1v) is 11.3. The fourth-order valence-corrected chi connectivity index (χ4v) is 7.07. The van der Waals surface area contributed by atoms with Crippen molar-refractivity contribution in [2.45, 2.75) is 57.5 Å². The molecular formula is C26H31NO3. The standard InChI is InChI=1S/C26H31NO3/c1-26-10-9-21-20-8-6-19(28)13-16(20)5-7-22(21)23(26)14-18(24(26)29)12-15-3-2-4-17(11-15)25(27)30/h2-4,6,8,11,13,18,21-24,28-29H,5,7,9-10,12,14H2,1H3,(H2,27,30)/t18-,21?,22?,23?,24-,26-/m0/s1. The number of carbonyl (C=O) groups excluding carboxylic acids is 1. The zero-order valence-electron chi connectivity index (χ0n) is 17.6. The van der Waals surface area contributed by atoms with E-state index in [2.05, 4.69) is 13.0 Å². The molecule has 3 unspecified atom stereocenters. The number of primary amides is 1. The summed E-state index contributed by atoms with van der Waals surface area (Å²) in [5, 5.41) is 21.3. The molecule has 1 amide bonds. The van der Waals surface area contributed by atoms with Gasteiger partial charge in [0.15, 0.2) is 0 Å². The second-order valence-corrected chi connectivity index (χ2v) is 10.1. The van der Waals surface area contributed by atoms with Gasteiger partial charge in [-0.05, 0) is 109 Å². The summed E-state index contributed by atoms with van der Waals surface area (Å²) in [6.45, 7) is 2.30. The van der Waals surface area contributed by atoms with Crippen LogP contribution in [0.25, 0.3) is 0 Å². The summed E-state index contributed by atoms with van der Waals surface area (Å²) in [5.41, 5.74) is 9.75. The molecule has 30 heavy (non-hydrogen) atoms. The molecule has 2 aromatic rings. The zero-order chi connectivity index (χ0) is 21.0. The molecular weight excluding hydrogens is 374 g/mol. The monoisotopic (exact) mass is 405 g/mol. The van der Waals surface area contributed by atoms with Gasteiger partial charge in [-0.25, -0.2) is 0 Å². The SMILES string of the molecule is C[C@]12CCC3c4ccc(O)cc4CCC3C1C[C@H](Cc1cccc(C(N)=O)c1)[C@@H]2O. The molecule has 2 saturated carbocycles. The van der Waals surface area contributed by atoms with Gasteiger partial charge in [-0.3, -0.25) is 4.79 Å². The number of benzene rings is 2. The third-order valence-corrected chi connectivity index (χ3v) is 8.54. The van der Waals surface area contributed by atoms with Crippen LogP contribution in [-0.2, 0) is 12.8 Å². The zero-order valence-corrected chi connectivity index (χ0v) is 17.6. The van der Waals surface area contributed by atoms with Gasteiger partial charge in [-0.1, -0.05) is 25.1 Å². The van der Waals surface area contributed by atoms with Crippen molar-refractivity contribution in [1.29, 1.82) is 0 Å². The molecule has 3 aliphatic rings. The Morgan fingerprint density at radius 1 is 1.20 bits per heavy atom. The quantitative estimate of drug-likeness (QED) is 0.716. The average Bonchev–Trinajstić information content (AvgIpc) is 2.98. The summed E-state index contributed by atoms with van der Waals surface area (Å²) in [6.07, 6.45) is 5.80. The van der Waals surface area contributed by atoms with Crippen molar-refractivity contribution < 1.29 is 15.0 Å². The Morgan fingerprint density at radius 3 is 2.83 bits per heavy atom. The van der Waals surface area contributed by atoms with E-state index < -0.39 is 5.91 Å². The number of rotatable bonds is 3. The van der Waals surface area contributed by atoms with E-state index in [1.54, 1.807) is 6.07 Å². The Balaban J connectivity index is 1.40. The van der Waals surface area contributed by atoms with E-state index >= 15 is 0 Å². The van der Waals surface area contributed by atoms with Crippen LogP contribution in [0.15, 0.2) is 42.5 Å². The highest BCUT2D eigenvalue weighted by atomic mass is 16.3. The van der Waals surface area contributed by atoms with E-state index in [1.807, 2.05) is 30.3 Å². The molecule has 2 fully saturated rings. The van der Waals surface area contributed by atoms with Gasteiger partial charge < -0.3 is 15.9 Å². The highest BCUT2D eigenvalue weighted by Gasteiger charge is 2.57. The van der Waals surface area contributed by atoms with Crippen LogP contribution in [0.1, 0.15) is 65.6 Å². The molecule has 158 valence electrons.